The Balaban J connectivity index is 1.64. The summed E-state index contributed by atoms with van der Waals surface area (Å²) in [4.78, 5) is 34.6. The Morgan fingerprint density at radius 1 is 1.21 bits per heavy atom. The van der Waals surface area contributed by atoms with Crippen molar-refractivity contribution in [2.45, 2.75) is 77.7 Å². The molecule has 0 bridgehead atoms. The Morgan fingerprint density at radius 3 is 2.47 bits per heavy atom. The third kappa shape index (κ3) is 7.17. The van der Waals surface area contributed by atoms with Gasteiger partial charge in [-0.2, -0.15) is 0 Å². The maximum absolute atomic E-state index is 12.2. The summed E-state index contributed by atoms with van der Waals surface area (Å²) in [6, 6.07) is 1.02. The van der Waals surface area contributed by atoms with E-state index in [-0.39, 0.29) is 35.9 Å². The lowest BCUT2D eigenvalue weighted by Crippen LogP contribution is -2.44. The number of fused-ring (bicyclic) bond motifs is 1. The number of likely N-dealkylation sites (tertiary alicyclic amines) is 1. The number of amides is 1. The average Bonchev–Trinajstić information content (AvgIpc) is 3.08. The number of piperidine rings is 1. The van der Waals surface area contributed by atoms with Gasteiger partial charge in [0.25, 0.3) is 0 Å². The third-order valence-corrected chi connectivity index (χ3v) is 7.09. The first kappa shape index (κ1) is 26.0. The van der Waals surface area contributed by atoms with Crippen LogP contribution < -0.4 is 4.74 Å². The number of nitrogens with zero attached hydrogens (tertiary/aromatic N) is 4. The van der Waals surface area contributed by atoms with Gasteiger partial charge in [0, 0.05) is 46.8 Å². The molecule has 1 aliphatic heterocycles. The first-order valence-corrected chi connectivity index (χ1v) is 15.3. The molecule has 3 rings (SSSR count). The second-order valence-corrected chi connectivity index (χ2v) is 16.5. The minimum Gasteiger partial charge on any atom is -0.478 e. The molecule has 188 valence electrons. The molecule has 0 radical (unpaired) electrons. The summed E-state index contributed by atoms with van der Waals surface area (Å²) < 4.78 is 18.9. The van der Waals surface area contributed by atoms with Crippen molar-refractivity contribution in [3.8, 4) is 5.88 Å². The number of aromatic carboxylic acids is 1. The largest absolute Gasteiger partial charge is 0.478 e. The molecule has 10 nitrogen and oxygen atoms in total. The molecule has 1 saturated heterocycles. The second kappa shape index (κ2) is 10.3. The Morgan fingerprint density at radius 2 is 1.88 bits per heavy atom. The van der Waals surface area contributed by atoms with Crippen molar-refractivity contribution in [1.82, 2.24) is 19.4 Å². The normalized spacial score (nSPS) is 15.5. The zero-order valence-electron chi connectivity index (χ0n) is 21.0. The van der Waals surface area contributed by atoms with E-state index in [0.717, 1.165) is 6.04 Å². The molecule has 34 heavy (non-hydrogen) atoms. The lowest BCUT2D eigenvalue weighted by atomic mass is 10.1. The van der Waals surface area contributed by atoms with Crippen LogP contribution in [0.25, 0.3) is 11.2 Å². The van der Waals surface area contributed by atoms with Gasteiger partial charge in [-0.15, -0.1) is 0 Å². The van der Waals surface area contributed by atoms with Gasteiger partial charge in [0.05, 0.1) is 6.20 Å². The van der Waals surface area contributed by atoms with E-state index < -0.39 is 19.6 Å². The summed E-state index contributed by atoms with van der Waals surface area (Å²) in [5.74, 6) is -0.814. The molecule has 0 aliphatic carbocycles. The van der Waals surface area contributed by atoms with Gasteiger partial charge in [0.1, 0.15) is 29.5 Å². The molecule has 1 fully saturated rings. The highest BCUT2D eigenvalue weighted by Crippen LogP contribution is 2.24. The number of carbonyl (C=O) groups is 2. The summed E-state index contributed by atoms with van der Waals surface area (Å²) in [6.07, 6.45) is 3.78. The van der Waals surface area contributed by atoms with Crippen LogP contribution in [0.3, 0.4) is 0 Å². The van der Waals surface area contributed by atoms with Gasteiger partial charge in [-0.1, -0.05) is 19.6 Å². The fourth-order valence-electron chi connectivity index (χ4n) is 3.54. The lowest BCUT2D eigenvalue weighted by Gasteiger charge is -2.33. The predicted molar refractivity (Wildman–Crippen MR) is 130 cm³/mol. The number of carboxylic acid groups (broad SMARTS) is 1. The van der Waals surface area contributed by atoms with Crippen molar-refractivity contribution in [3.05, 3.63) is 18.0 Å². The minimum atomic E-state index is -1.21. The molecule has 0 spiro atoms. The maximum Gasteiger partial charge on any atom is 0.410 e. The molecular formula is C23H36N4O6Si. The zero-order chi connectivity index (χ0) is 25.1. The van der Waals surface area contributed by atoms with Gasteiger partial charge in [-0.25, -0.2) is 19.6 Å². The molecule has 0 aromatic carbocycles. The minimum absolute atomic E-state index is 0.0569. The van der Waals surface area contributed by atoms with Crippen molar-refractivity contribution in [1.29, 1.82) is 0 Å². The summed E-state index contributed by atoms with van der Waals surface area (Å²) in [7, 11) is -1.21. The van der Waals surface area contributed by atoms with Crippen LogP contribution in [0.2, 0.25) is 25.7 Å². The third-order valence-electron chi connectivity index (χ3n) is 5.38. The molecule has 11 heteroatoms. The number of carbonyl (C=O) groups excluding carboxylic acids is 1. The Bertz CT molecular complexity index is 1020. The molecule has 1 N–H and O–H groups in total. The number of carboxylic acids is 1. The molecule has 3 heterocycles. The smallest absolute Gasteiger partial charge is 0.410 e. The SMILES string of the molecule is CC(C)(C)OC(=O)N1CCC(Oc2cnc3c(n2)c(C(=O)O)cn3COCC[Si](C)(C)C)CC1. The molecule has 2 aromatic heterocycles. The Kier molecular flexibility index (Phi) is 7.86. The topological polar surface area (TPSA) is 116 Å². The molecule has 1 amide bonds. The number of aromatic nitrogens is 3. The molecule has 2 aromatic rings. The van der Waals surface area contributed by atoms with E-state index in [1.165, 1.54) is 12.4 Å². The van der Waals surface area contributed by atoms with Gasteiger partial charge < -0.3 is 28.8 Å². The highest BCUT2D eigenvalue weighted by atomic mass is 28.3. The van der Waals surface area contributed by atoms with Gasteiger partial charge >= 0.3 is 12.1 Å². The Hall–Kier alpha value is -2.66. The number of ether oxygens (including phenoxy) is 3. The van der Waals surface area contributed by atoms with E-state index >= 15 is 0 Å². The van der Waals surface area contributed by atoms with Crippen LogP contribution in [-0.2, 0) is 16.2 Å². The van der Waals surface area contributed by atoms with Crippen LogP contribution in [0.1, 0.15) is 44.0 Å². The molecule has 0 unspecified atom stereocenters. The van der Waals surface area contributed by atoms with E-state index in [2.05, 4.69) is 29.6 Å². The lowest BCUT2D eigenvalue weighted by molar-refractivity contribution is 0.0123. The van der Waals surface area contributed by atoms with Crippen molar-refractivity contribution >= 4 is 31.3 Å². The zero-order valence-corrected chi connectivity index (χ0v) is 22.0. The van der Waals surface area contributed by atoms with E-state index in [1.54, 1.807) is 9.47 Å². The molecular weight excluding hydrogens is 456 g/mol. The predicted octanol–water partition coefficient (Wildman–Crippen LogP) is 4.22. The van der Waals surface area contributed by atoms with Crippen LogP contribution in [0, 0.1) is 0 Å². The summed E-state index contributed by atoms with van der Waals surface area (Å²) >= 11 is 0. The quantitative estimate of drug-likeness (QED) is 0.430. The first-order valence-electron chi connectivity index (χ1n) is 11.6. The van der Waals surface area contributed by atoms with E-state index in [0.29, 0.717) is 38.2 Å². The molecule has 1 aliphatic rings. The van der Waals surface area contributed by atoms with Crippen LogP contribution in [-0.4, -0.2) is 76.1 Å². The van der Waals surface area contributed by atoms with Crippen molar-refractivity contribution < 1.29 is 28.9 Å². The van der Waals surface area contributed by atoms with Gasteiger partial charge in [-0.3, -0.25) is 0 Å². The summed E-state index contributed by atoms with van der Waals surface area (Å²) in [5.41, 5.74) is 0.233. The van der Waals surface area contributed by atoms with Crippen molar-refractivity contribution in [3.63, 3.8) is 0 Å². The first-order chi connectivity index (χ1) is 15.8. The van der Waals surface area contributed by atoms with Crippen LogP contribution in [0.15, 0.2) is 12.4 Å². The maximum atomic E-state index is 12.2. The van der Waals surface area contributed by atoms with Crippen LogP contribution in [0.4, 0.5) is 4.79 Å². The fraction of sp³-hybridized carbons (Fsp3) is 0.652. The molecule has 0 saturated carbocycles. The Labute approximate surface area is 201 Å². The van der Waals surface area contributed by atoms with E-state index in [1.807, 2.05) is 20.8 Å². The van der Waals surface area contributed by atoms with Gasteiger partial charge in [0.2, 0.25) is 5.88 Å². The van der Waals surface area contributed by atoms with Crippen molar-refractivity contribution in [2.75, 3.05) is 19.7 Å². The standard InChI is InChI=1S/C23H36N4O6Si/c1-23(2,3)33-22(30)26-9-7-16(8-10-26)32-18-13-24-20-19(25-18)17(21(28)29)14-27(20)15-31-11-12-34(4,5)6/h13-14,16H,7-12,15H2,1-6H3,(H,28,29). The van der Waals surface area contributed by atoms with Gasteiger partial charge in [-0.05, 0) is 26.8 Å². The van der Waals surface area contributed by atoms with Crippen LogP contribution >= 0.6 is 0 Å². The van der Waals surface area contributed by atoms with Crippen molar-refractivity contribution in [2.24, 2.45) is 0 Å². The van der Waals surface area contributed by atoms with E-state index in [4.69, 9.17) is 14.2 Å². The fourth-order valence-corrected chi connectivity index (χ4v) is 4.30. The highest BCUT2D eigenvalue weighted by Gasteiger charge is 2.28. The van der Waals surface area contributed by atoms with Crippen LogP contribution in [0.5, 0.6) is 5.88 Å². The summed E-state index contributed by atoms with van der Waals surface area (Å²) in [5, 5.41) is 9.64. The van der Waals surface area contributed by atoms with E-state index in [9.17, 15) is 14.7 Å². The second-order valence-electron chi connectivity index (χ2n) is 10.8. The summed E-state index contributed by atoms with van der Waals surface area (Å²) in [6.45, 7) is 14.2. The number of rotatable bonds is 8. The molecule has 0 atom stereocenters. The number of hydrogen-bond acceptors (Lipinski definition) is 7. The number of hydrogen-bond donors (Lipinski definition) is 1. The monoisotopic (exact) mass is 492 g/mol. The highest BCUT2D eigenvalue weighted by molar-refractivity contribution is 6.76. The average molecular weight is 493 g/mol. The van der Waals surface area contributed by atoms with Gasteiger partial charge in [0.15, 0.2) is 5.65 Å².